The molecular formula is C29H39N3O4. The Morgan fingerprint density at radius 2 is 1.81 bits per heavy atom. The van der Waals surface area contributed by atoms with Gasteiger partial charge in [-0.05, 0) is 74.8 Å². The van der Waals surface area contributed by atoms with Crippen LogP contribution in [-0.2, 0) is 14.3 Å². The number of methoxy groups -OCH3 is 1. The topological polar surface area (TPSA) is 62.3 Å². The zero-order chi connectivity index (χ0) is 25.0. The first-order valence-electron chi connectivity index (χ1n) is 13.8. The molecule has 6 rings (SSSR count). The van der Waals surface area contributed by atoms with Gasteiger partial charge in [-0.2, -0.15) is 0 Å². The molecule has 1 aromatic carbocycles. The predicted octanol–water partition coefficient (Wildman–Crippen LogP) is 3.49. The number of rotatable bonds is 7. The molecule has 4 aliphatic heterocycles. The lowest BCUT2D eigenvalue weighted by molar-refractivity contribution is -0.145. The van der Waals surface area contributed by atoms with Crippen molar-refractivity contribution in [1.29, 1.82) is 0 Å². The number of carbonyl (C=O) groups excluding carboxylic acids is 2. The van der Waals surface area contributed by atoms with Gasteiger partial charge in [-0.3, -0.25) is 19.4 Å². The first-order chi connectivity index (χ1) is 17.4. The van der Waals surface area contributed by atoms with Crippen LogP contribution in [0, 0.1) is 17.8 Å². The molecule has 1 aromatic rings. The van der Waals surface area contributed by atoms with Crippen LogP contribution < -0.4 is 9.64 Å². The van der Waals surface area contributed by atoms with Crippen molar-refractivity contribution in [2.24, 2.45) is 17.8 Å². The number of benzene rings is 1. The maximum Gasteiger partial charge on any atom is 0.236 e. The number of piperazine rings is 1. The molecule has 2 amide bonds. The number of fused-ring (bicyclic) bond motifs is 3. The minimum Gasteiger partial charge on any atom is -0.495 e. The molecule has 194 valence electrons. The first-order valence-corrected chi connectivity index (χ1v) is 13.8. The van der Waals surface area contributed by atoms with Gasteiger partial charge in [0.1, 0.15) is 11.4 Å². The summed E-state index contributed by atoms with van der Waals surface area (Å²) >= 11 is 0. The third kappa shape index (κ3) is 3.61. The average molecular weight is 494 g/mol. The van der Waals surface area contributed by atoms with Crippen molar-refractivity contribution in [1.82, 2.24) is 9.80 Å². The molecule has 0 radical (unpaired) electrons. The molecule has 7 nitrogen and oxygen atoms in total. The molecule has 7 heteroatoms. The molecule has 4 fully saturated rings. The van der Waals surface area contributed by atoms with Crippen LogP contribution in [0.15, 0.2) is 35.4 Å². The highest BCUT2D eigenvalue weighted by molar-refractivity contribution is 6.07. The van der Waals surface area contributed by atoms with E-state index in [0.29, 0.717) is 12.5 Å². The number of amides is 2. The smallest absolute Gasteiger partial charge is 0.236 e. The summed E-state index contributed by atoms with van der Waals surface area (Å²) in [7, 11) is 1.72. The molecule has 5 unspecified atom stereocenters. The molecule has 3 saturated heterocycles. The van der Waals surface area contributed by atoms with Crippen LogP contribution in [-0.4, -0.2) is 79.7 Å². The van der Waals surface area contributed by atoms with Gasteiger partial charge < -0.3 is 14.4 Å². The summed E-state index contributed by atoms with van der Waals surface area (Å²) in [6.07, 6.45) is 4.71. The van der Waals surface area contributed by atoms with Gasteiger partial charge in [-0.15, -0.1) is 0 Å². The van der Waals surface area contributed by atoms with Crippen molar-refractivity contribution in [3.8, 4) is 5.75 Å². The summed E-state index contributed by atoms with van der Waals surface area (Å²) in [6, 6.07) is 8.20. The third-order valence-electron chi connectivity index (χ3n) is 9.46. The lowest BCUT2D eigenvalue weighted by Crippen LogP contribution is -2.47. The predicted molar refractivity (Wildman–Crippen MR) is 138 cm³/mol. The second-order valence-electron chi connectivity index (χ2n) is 11.5. The molecule has 1 aliphatic carbocycles. The standard InChI is InChI=1S/C29H39N3O4/c1-19-10-11-21-20(2)26-24-25(29(21,18-19)36-26)28(34)32(27(24)33)13-7-6-12-30-14-16-31(17-15-30)22-8-4-5-9-23(22)35-3/h4-5,8-9,19,24-26H,6-7,10-18H2,1-3H3. The molecule has 0 N–H and O–H groups in total. The number of ether oxygens (including phenoxy) is 2. The average Bonchev–Trinajstić information content (AvgIpc) is 3.46. The Morgan fingerprint density at radius 1 is 1.06 bits per heavy atom. The molecule has 4 heterocycles. The Labute approximate surface area is 214 Å². The molecular weight excluding hydrogens is 454 g/mol. The van der Waals surface area contributed by atoms with Crippen molar-refractivity contribution in [2.45, 2.75) is 57.7 Å². The zero-order valence-corrected chi connectivity index (χ0v) is 21.9. The maximum atomic E-state index is 13.5. The fraction of sp³-hybridized carbons (Fsp3) is 0.655. The van der Waals surface area contributed by atoms with Crippen LogP contribution >= 0.6 is 0 Å². The number of unbranched alkanes of at least 4 members (excludes halogenated alkanes) is 1. The largest absolute Gasteiger partial charge is 0.495 e. The van der Waals surface area contributed by atoms with E-state index in [9.17, 15) is 9.59 Å². The lowest BCUT2D eigenvalue weighted by Gasteiger charge is -2.40. The Morgan fingerprint density at radius 3 is 2.58 bits per heavy atom. The van der Waals surface area contributed by atoms with Gasteiger partial charge in [0.25, 0.3) is 0 Å². The van der Waals surface area contributed by atoms with Gasteiger partial charge in [-0.25, -0.2) is 0 Å². The van der Waals surface area contributed by atoms with E-state index < -0.39 is 5.60 Å². The molecule has 2 bridgehead atoms. The van der Waals surface area contributed by atoms with E-state index in [0.717, 1.165) is 76.3 Å². The van der Waals surface area contributed by atoms with E-state index in [1.165, 1.54) is 11.1 Å². The maximum absolute atomic E-state index is 13.5. The third-order valence-corrected chi connectivity index (χ3v) is 9.46. The Balaban J connectivity index is 1.01. The van der Waals surface area contributed by atoms with E-state index in [4.69, 9.17) is 9.47 Å². The highest BCUT2D eigenvalue weighted by atomic mass is 16.5. The van der Waals surface area contributed by atoms with E-state index in [2.05, 4.69) is 35.8 Å². The zero-order valence-electron chi connectivity index (χ0n) is 21.9. The van der Waals surface area contributed by atoms with E-state index in [-0.39, 0.29) is 29.8 Å². The normalized spacial score (nSPS) is 34.0. The van der Waals surface area contributed by atoms with Crippen molar-refractivity contribution in [3.05, 3.63) is 35.4 Å². The van der Waals surface area contributed by atoms with Gasteiger partial charge in [-0.1, -0.05) is 19.1 Å². The van der Waals surface area contributed by atoms with Gasteiger partial charge in [0.2, 0.25) is 11.8 Å². The fourth-order valence-corrected chi connectivity index (χ4v) is 7.69. The molecule has 5 aliphatic rings. The van der Waals surface area contributed by atoms with Gasteiger partial charge >= 0.3 is 0 Å². The van der Waals surface area contributed by atoms with Crippen molar-refractivity contribution in [3.63, 3.8) is 0 Å². The van der Waals surface area contributed by atoms with Crippen molar-refractivity contribution in [2.75, 3.05) is 51.3 Å². The number of para-hydroxylation sites is 2. The van der Waals surface area contributed by atoms with Gasteiger partial charge in [0.05, 0.1) is 30.7 Å². The van der Waals surface area contributed by atoms with Crippen molar-refractivity contribution < 1.29 is 19.1 Å². The summed E-state index contributed by atoms with van der Waals surface area (Å²) in [6.45, 7) is 9.89. The number of hydrogen-bond acceptors (Lipinski definition) is 6. The Bertz CT molecular complexity index is 1080. The lowest BCUT2D eigenvalue weighted by atomic mass is 9.62. The van der Waals surface area contributed by atoms with Crippen LogP contribution in [0.1, 0.15) is 46.0 Å². The van der Waals surface area contributed by atoms with E-state index >= 15 is 0 Å². The number of likely N-dealkylation sites (tertiary alicyclic amines) is 1. The first kappa shape index (κ1) is 24.0. The number of carbonyl (C=O) groups is 2. The fourth-order valence-electron chi connectivity index (χ4n) is 7.69. The highest BCUT2D eigenvalue weighted by Crippen LogP contribution is 2.62. The minimum atomic E-state index is -0.500. The minimum absolute atomic E-state index is 0.00826. The molecule has 0 aromatic heterocycles. The Kier molecular flexibility index (Phi) is 6.11. The monoisotopic (exact) mass is 493 g/mol. The van der Waals surface area contributed by atoms with Crippen LogP contribution in [0.2, 0.25) is 0 Å². The summed E-state index contributed by atoms with van der Waals surface area (Å²) < 4.78 is 12.0. The van der Waals surface area contributed by atoms with Gasteiger partial charge in [0.15, 0.2) is 0 Å². The Hall–Kier alpha value is -2.38. The molecule has 1 spiro atoms. The van der Waals surface area contributed by atoms with E-state index in [1.54, 1.807) is 12.0 Å². The van der Waals surface area contributed by atoms with Crippen LogP contribution in [0.25, 0.3) is 0 Å². The quantitative estimate of drug-likeness (QED) is 0.329. The summed E-state index contributed by atoms with van der Waals surface area (Å²) in [5.74, 6) is 0.897. The van der Waals surface area contributed by atoms with Crippen LogP contribution in [0.4, 0.5) is 5.69 Å². The van der Waals surface area contributed by atoms with Crippen LogP contribution in [0.5, 0.6) is 5.75 Å². The second kappa shape index (κ2) is 9.18. The summed E-state index contributed by atoms with van der Waals surface area (Å²) in [5, 5.41) is 0. The summed E-state index contributed by atoms with van der Waals surface area (Å²) in [5.41, 5.74) is 3.23. The van der Waals surface area contributed by atoms with Crippen LogP contribution in [0.3, 0.4) is 0 Å². The molecule has 1 saturated carbocycles. The number of nitrogens with zero attached hydrogens (tertiary/aromatic N) is 3. The molecule has 5 atom stereocenters. The SMILES string of the molecule is COc1ccccc1N1CCN(CCCCN2C(=O)C3C4OC5(CC(C)CCC5=C4C)C3C2=O)CC1. The highest BCUT2D eigenvalue weighted by Gasteiger charge is 2.71. The number of anilines is 1. The van der Waals surface area contributed by atoms with Crippen molar-refractivity contribution >= 4 is 17.5 Å². The summed E-state index contributed by atoms with van der Waals surface area (Å²) in [4.78, 5) is 33.4. The number of hydrogen-bond donors (Lipinski definition) is 0. The number of imide groups is 1. The van der Waals surface area contributed by atoms with Gasteiger partial charge in [0, 0.05) is 32.7 Å². The second-order valence-corrected chi connectivity index (χ2v) is 11.5. The molecule has 36 heavy (non-hydrogen) atoms. The van der Waals surface area contributed by atoms with E-state index in [1.807, 2.05) is 12.1 Å².